The normalized spacial score (nSPS) is 11.8. The number of hydrogen-bond donors (Lipinski definition) is 2. The van der Waals surface area contributed by atoms with Crippen molar-refractivity contribution >= 4 is 5.91 Å². The van der Waals surface area contributed by atoms with E-state index in [1.54, 1.807) is 32.4 Å². The molecule has 19 heavy (non-hydrogen) atoms. The molecular formula is C14H22N2O3. The minimum Gasteiger partial charge on any atom is -0.493 e. The van der Waals surface area contributed by atoms with Crippen LogP contribution in [0.25, 0.3) is 0 Å². The zero-order chi connectivity index (χ0) is 14.3. The van der Waals surface area contributed by atoms with Gasteiger partial charge in [0.2, 0.25) is 0 Å². The van der Waals surface area contributed by atoms with E-state index in [4.69, 9.17) is 9.47 Å². The number of carbonyl (C=O) groups is 1. The summed E-state index contributed by atoms with van der Waals surface area (Å²) in [5.74, 6) is 1.04. The minimum absolute atomic E-state index is 0.120. The van der Waals surface area contributed by atoms with Gasteiger partial charge in [0.15, 0.2) is 11.5 Å². The number of amides is 1. The molecule has 0 aliphatic carbocycles. The summed E-state index contributed by atoms with van der Waals surface area (Å²) in [4.78, 5) is 12.0. The molecule has 0 saturated heterocycles. The van der Waals surface area contributed by atoms with Crippen molar-refractivity contribution in [3.05, 3.63) is 23.8 Å². The molecule has 5 heteroatoms. The lowest BCUT2D eigenvalue weighted by atomic mass is 10.2. The summed E-state index contributed by atoms with van der Waals surface area (Å²) in [6.45, 7) is 5.53. The Bertz CT molecular complexity index is 421. The number of ether oxygens (including phenoxy) is 2. The van der Waals surface area contributed by atoms with Crippen molar-refractivity contribution < 1.29 is 14.3 Å². The summed E-state index contributed by atoms with van der Waals surface area (Å²) in [6.07, 6.45) is 0. The Morgan fingerprint density at radius 3 is 2.53 bits per heavy atom. The molecule has 1 aromatic rings. The predicted molar refractivity (Wildman–Crippen MR) is 75.0 cm³/mol. The van der Waals surface area contributed by atoms with Crippen LogP contribution in [0.15, 0.2) is 18.2 Å². The van der Waals surface area contributed by atoms with E-state index < -0.39 is 0 Å². The first-order valence-corrected chi connectivity index (χ1v) is 6.36. The lowest BCUT2D eigenvalue weighted by Gasteiger charge is -2.14. The molecule has 1 aromatic carbocycles. The summed E-state index contributed by atoms with van der Waals surface area (Å²) >= 11 is 0. The van der Waals surface area contributed by atoms with Gasteiger partial charge in [0.05, 0.1) is 14.2 Å². The maximum Gasteiger partial charge on any atom is 0.251 e. The smallest absolute Gasteiger partial charge is 0.251 e. The van der Waals surface area contributed by atoms with Crippen LogP contribution in [-0.2, 0) is 0 Å². The Balaban J connectivity index is 2.67. The molecule has 0 radical (unpaired) electrons. The molecule has 0 heterocycles. The van der Waals surface area contributed by atoms with Crippen molar-refractivity contribution in [3.63, 3.8) is 0 Å². The third kappa shape index (κ3) is 4.44. The zero-order valence-corrected chi connectivity index (χ0v) is 11.9. The standard InChI is InChI=1S/C14H22N2O3/c1-5-15-10(2)9-16-14(17)11-6-7-12(18-3)13(8-11)19-4/h6-8,10,15H,5,9H2,1-4H3,(H,16,17)/t10-/m1/s1. The molecular weight excluding hydrogens is 244 g/mol. The molecule has 0 fully saturated rings. The van der Waals surface area contributed by atoms with Crippen LogP contribution in [0.5, 0.6) is 11.5 Å². The molecule has 0 saturated carbocycles. The van der Waals surface area contributed by atoms with Crippen LogP contribution in [0.1, 0.15) is 24.2 Å². The van der Waals surface area contributed by atoms with E-state index in [2.05, 4.69) is 10.6 Å². The number of methoxy groups -OCH3 is 2. The number of benzene rings is 1. The third-order valence-electron chi connectivity index (χ3n) is 2.77. The monoisotopic (exact) mass is 266 g/mol. The van der Waals surface area contributed by atoms with Gasteiger partial charge in [0.1, 0.15) is 0 Å². The van der Waals surface area contributed by atoms with E-state index in [1.807, 2.05) is 13.8 Å². The summed E-state index contributed by atoms with van der Waals surface area (Å²) < 4.78 is 10.3. The van der Waals surface area contributed by atoms with E-state index in [0.717, 1.165) is 6.54 Å². The molecule has 0 spiro atoms. The molecule has 0 aliphatic rings. The van der Waals surface area contributed by atoms with Crippen molar-refractivity contribution in [2.24, 2.45) is 0 Å². The predicted octanol–water partition coefficient (Wildman–Crippen LogP) is 1.43. The van der Waals surface area contributed by atoms with Gasteiger partial charge in [0, 0.05) is 18.2 Å². The zero-order valence-electron chi connectivity index (χ0n) is 11.9. The highest BCUT2D eigenvalue weighted by Crippen LogP contribution is 2.27. The van der Waals surface area contributed by atoms with Crippen molar-refractivity contribution in [1.29, 1.82) is 0 Å². The number of rotatable bonds is 7. The highest BCUT2D eigenvalue weighted by atomic mass is 16.5. The maximum absolute atomic E-state index is 12.0. The van der Waals surface area contributed by atoms with Crippen LogP contribution in [0, 0.1) is 0 Å². The van der Waals surface area contributed by atoms with Crippen molar-refractivity contribution in [2.45, 2.75) is 19.9 Å². The highest BCUT2D eigenvalue weighted by Gasteiger charge is 2.11. The van der Waals surface area contributed by atoms with Gasteiger partial charge in [-0.1, -0.05) is 6.92 Å². The van der Waals surface area contributed by atoms with Crippen LogP contribution >= 0.6 is 0 Å². The van der Waals surface area contributed by atoms with Gasteiger partial charge in [-0.25, -0.2) is 0 Å². The Labute approximate surface area is 114 Å². The SMILES string of the molecule is CCN[C@H](C)CNC(=O)c1ccc(OC)c(OC)c1. The molecule has 0 bridgehead atoms. The lowest BCUT2D eigenvalue weighted by molar-refractivity contribution is 0.0950. The molecule has 1 rings (SSSR count). The topological polar surface area (TPSA) is 59.6 Å². The van der Waals surface area contributed by atoms with Gasteiger partial charge >= 0.3 is 0 Å². The molecule has 0 aliphatic heterocycles. The van der Waals surface area contributed by atoms with Crippen LogP contribution in [0.2, 0.25) is 0 Å². The average molecular weight is 266 g/mol. The molecule has 1 atom stereocenters. The summed E-state index contributed by atoms with van der Waals surface area (Å²) in [6, 6.07) is 5.36. The maximum atomic E-state index is 12.0. The van der Waals surface area contributed by atoms with Gasteiger partial charge in [-0.3, -0.25) is 4.79 Å². The van der Waals surface area contributed by atoms with Gasteiger partial charge < -0.3 is 20.1 Å². The van der Waals surface area contributed by atoms with Crippen molar-refractivity contribution in [3.8, 4) is 11.5 Å². The van der Waals surface area contributed by atoms with Crippen LogP contribution in [0.3, 0.4) is 0 Å². The van der Waals surface area contributed by atoms with E-state index in [1.165, 1.54) is 0 Å². The average Bonchev–Trinajstić information content (AvgIpc) is 2.44. The fourth-order valence-electron chi connectivity index (χ4n) is 1.75. The van der Waals surface area contributed by atoms with Crippen molar-refractivity contribution in [2.75, 3.05) is 27.3 Å². The summed E-state index contributed by atoms with van der Waals surface area (Å²) in [5, 5.41) is 6.11. The van der Waals surface area contributed by atoms with Gasteiger partial charge in [0.25, 0.3) is 5.91 Å². The second-order valence-electron chi connectivity index (χ2n) is 4.24. The lowest BCUT2D eigenvalue weighted by Crippen LogP contribution is -2.38. The fraction of sp³-hybridized carbons (Fsp3) is 0.500. The van der Waals surface area contributed by atoms with Crippen LogP contribution in [-0.4, -0.2) is 39.3 Å². The minimum atomic E-state index is -0.120. The van der Waals surface area contributed by atoms with Crippen LogP contribution in [0.4, 0.5) is 0 Å². The molecule has 5 nitrogen and oxygen atoms in total. The molecule has 1 amide bonds. The number of likely N-dealkylation sites (N-methyl/N-ethyl adjacent to an activating group) is 1. The molecule has 2 N–H and O–H groups in total. The molecule has 0 unspecified atom stereocenters. The third-order valence-corrected chi connectivity index (χ3v) is 2.77. The quantitative estimate of drug-likeness (QED) is 0.784. The largest absolute Gasteiger partial charge is 0.493 e. The van der Waals surface area contributed by atoms with E-state index in [0.29, 0.717) is 23.6 Å². The number of carbonyl (C=O) groups excluding carboxylic acids is 1. The van der Waals surface area contributed by atoms with Gasteiger partial charge in [-0.05, 0) is 31.7 Å². The Kier molecular flexibility index (Phi) is 6.15. The first kappa shape index (κ1) is 15.3. The van der Waals surface area contributed by atoms with E-state index >= 15 is 0 Å². The Morgan fingerprint density at radius 1 is 1.26 bits per heavy atom. The Hall–Kier alpha value is -1.75. The first-order chi connectivity index (χ1) is 9.12. The van der Waals surface area contributed by atoms with Gasteiger partial charge in [-0.15, -0.1) is 0 Å². The second-order valence-corrected chi connectivity index (χ2v) is 4.24. The van der Waals surface area contributed by atoms with E-state index in [-0.39, 0.29) is 11.9 Å². The first-order valence-electron chi connectivity index (χ1n) is 6.36. The van der Waals surface area contributed by atoms with E-state index in [9.17, 15) is 4.79 Å². The Morgan fingerprint density at radius 2 is 1.95 bits per heavy atom. The second kappa shape index (κ2) is 7.63. The number of hydrogen-bond acceptors (Lipinski definition) is 4. The fourth-order valence-corrected chi connectivity index (χ4v) is 1.75. The summed E-state index contributed by atoms with van der Waals surface area (Å²) in [5.41, 5.74) is 0.557. The highest BCUT2D eigenvalue weighted by molar-refractivity contribution is 5.94. The van der Waals surface area contributed by atoms with Gasteiger partial charge in [-0.2, -0.15) is 0 Å². The van der Waals surface area contributed by atoms with Crippen molar-refractivity contribution in [1.82, 2.24) is 10.6 Å². The molecule has 0 aromatic heterocycles. The van der Waals surface area contributed by atoms with Crippen LogP contribution < -0.4 is 20.1 Å². The molecule has 106 valence electrons. The summed E-state index contributed by atoms with van der Waals surface area (Å²) in [7, 11) is 3.11. The number of nitrogens with one attached hydrogen (secondary N) is 2.